The van der Waals surface area contributed by atoms with E-state index in [0.717, 1.165) is 0 Å². The molecule has 1 aliphatic heterocycles. The molecule has 0 saturated carbocycles. The summed E-state index contributed by atoms with van der Waals surface area (Å²) in [7, 11) is 0. The summed E-state index contributed by atoms with van der Waals surface area (Å²) in [6.45, 7) is 2.46. The van der Waals surface area contributed by atoms with E-state index in [1.165, 1.54) is 0 Å². The standard InChI is InChI=1S/C7H10N2O/c1-2-7(10)9-5-3-8-4-6-9/h3-5H,2,6H2,1H3. The fourth-order valence-corrected chi connectivity index (χ4v) is 0.764. The van der Waals surface area contributed by atoms with E-state index >= 15 is 0 Å². The van der Waals surface area contributed by atoms with Crippen LogP contribution < -0.4 is 0 Å². The molecule has 1 amide bonds. The minimum Gasteiger partial charge on any atom is -0.312 e. The first-order chi connectivity index (χ1) is 4.84. The molecule has 0 atom stereocenters. The van der Waals surface area contributed by atoms with Crippen molar-refractivity contribution < 1.29 is 4.79 Å². The second-order valence-electron chi connectivity index (χ2n) is 2.03. The average molecular weight is 138 g/mol. The van der Waals surface area contributed by atoms with Crippen LogP contribution in [-0.2, 0) is 4.79 Å². The van der Waals surface area contributed by atoms with Crippen molar-refractivity contribution in [2.24, 2.45) is 4.99 Å². The Bertz CT molecular complexity index is 184. The highest BCUT2D eigenvalue weighted by Crippen LogP contribution is 1.97. The van der Waals surface area contributed by atoms with Crippen LogP contribution in [0.1, 0.15) is 13.3 Å². The van der Waals surface area contributed by atoms with E-state index < -0.39 is 0 Å². The van der Waals surface area contributed by atoms with Gasteiger partial charge in [0.25, 0.3) is 0 Å². The van der Waals surface area contributed by atoms with Gasteiger partial charge in [0.05, 0.1) is 6.54 Å². The van der Waals surface area contributed by atoms with Crippen LogP contribution in [0.15, 0.2) is 17.4 Å². The molecule has 0 aromatic carbocycles. The lowest BCUT2D eigenvalue weighted by Crippen LogP contribution is -2.27. The molecule has 0 N–H and O–H groups in total. The van der Waals surface area contributed by atoms with Crippen molar-refractivity contribution >= 4 is 12.1 Å². The van der Waals surface area contributed by atoms with Crippen molar-refractivity contribution in [2.45, 2.75) is 13.3 Å². The molecule has 0 fully saturated rings. The molecule has 0 aromatic heterocycles. The number of aliphatic imine (C=N–C) groups is 1. The molecule has 1 heterocycles. The maximum absolute atomic E-state index is 11.0. The van der Waals surface area contributed by atoms with E-state index in [1.807, 2.05) is 6.92 Å². The molecule has 0 aliphatic carbocycles. The fraction of sp³-hybridized carbons (Fsp3) is 0.429. The second kappa shape index (κ2) is 3.15. The van der Waals surface area contributed by atoms with Crippen LogP contribution in [0.5, 0.6) is 0 Å². The van der Waals surface area contributed by atoms with Crippen LogP contribution in [0.3, 0.4) is 0 Å². The number of hydrogen-bond acceptors (Lipinski definition) is 2. The predicted octanol–water partition coefficient (Wildman–Crippen LogP) is 0.781. The van der Waals surface area contributed by atoms with Crippen LogP contribution in [0.2, 0.25) is 0 Å². The van der Waals surface area contributed by atoms with Gasteiger partial charge < -0.3 is 4.90 Å². The predicted molar refractivity (Wildman–Crippen MR) is 39.6 cm³/mol. The Morgan fingerprint density at radius 3 is 3.10 bits per heavy atom. The largest absolute Gasteiger partial charge is 0.312 e. The van der Waals surface area contributed by atoms with Crippen LogP contribution >= 0.6 is 0 Å². The Morgan fingerprint density at radius 2 is 2.60 bits per heavy atom. The summed E-state index contributed by atoms with van der Waals surface area (Å²) >= 11 is 0. The first-order valence-electron chi connectivity index (χ1n) is 3.32. The average Bonchev–Trinajstić information content (AvgIpc) is 2.05. The lowest BCUT2D eigenvalue weighted by atomic mass is 10.4. The highest BCUT2D eigenvalue weighted by Gasteiger charge is 2.06. The third kappa shape index (κ3) is 1.43. The minimum atomic E-state index is 0.141. The zero-order valence-electron chi connectivity index (χ0n) is 5.95. The third-order valence-corrected chi connectivity index (χ3v) is 1.34. The van der Waals surface area contributed by atoms with E-state index in [-0.39, 0.29) is 5.91 Å². The first kappa shape index (κ1) is 6.99. The van der Waals surface area contributed by atoms with Gasteiger partial charge in [-0.1, -0.05) is 6.92 Å². The maximum Gasteiger partial charge on any atom is 0.226 e. The van der Waals surface area contributed by atoms with Crippen LogP contribution in [0, 0.1) is 0 Å². The molecular weight excluding hydrogens is 128 g/mol. The van der Waals surface area contributed by atoms with Crippen LogP contribution in [-0.4, -0.2) is 23.6 Å². The van der Waals surface area contributed by atoms with Gasteiger partial charge in [0.2, 0.25) is 5.91 Å². The van der Waals surface area contributed by atoms with Gasteiger partial charge in [0.1, 0.15) is 0 Å². The van der Waals surface area contributed by atoms with E-state index in [1.54, 1.807) is 23.5 Å². The van der Waals surface area contributed by atoms with Gasteiger partial charge in [-0.2, -0.15) is 0 Å². The molecule has 1 aliphatic rings. The number of nitrogens with zero attached hydrogens (tertiary/aromatic N) is 2. The van der Waals surface area contributed by atoms with Gasteiger partial charge in [-0.05, 0) is 0 Å². The quantitative estimate of drug-likeness (QED) is 0.527. The van der Waals surface area contributed by atoms with E-state index in [2.05, 4.69) is 4.99 Å². The number of hydrogen-bond donors (Lipinski definition) is 0. The Labute approximate surface area is 60.1 Å². The first-order valence-corrected chi connectivity index (χ1v) is 3.32. The Balaban J connectivity index is 2.51. The molecule has 0 unspecified atom stereocenters. The summed E-state index contributed by atoms with van der Waals surface area (Å²) in [5.74, 6) is 0.141. The summed E-state index contributed by atoms with van der Waals surface area (Å²) in [6.07, 6.45) is 5.59. The van der Waals surface area contributed by atoms with Crippen molar-refractivity contribution in [1.29, 1.82) is 0 Å². The Kier molecular flexibility index (Phi) is 2.20. The number of rotatable bonds is 1. The summed E-state index contributed by atoms with van der Waals surface area (Å²) in [5.41, 5.74) is 0. The van der Waals surface area contributed by atoms with Crippen LogP contribution in [0.25, 0.3) is 0 Å². The van der Waals surface area contributed by atoms with Crippen molar-refractivity contribution in [2.75, 3.05) is 6.54 Å². The lowest BCUT2D eigenvalue weighted by molar-refractivity contribution is -0.127. The van der Waals surface area contributed by atoms with E-state index in [0.29, 0.717) is 13.0 Å². The molecule has 3 nitrogen and oxygen atoms in total. The molecule has 0 aromatic rings. The van der Waals surface area contributed by atoms with Crippen molar-refractivity contribution in [3.63, 3.8) is 0 Å². The maximum atomic E-state index is 11.0. The fourth-order valence-electron chi connectivity index (χ4n) is 0.764. The lowest BCUT2D eigenvalue weighted by Gasteiger charge is -2.16. The highest BCUT2D eigenvalue weighted by molar-refractivity contribution is 5.80. The molecule has 3 heteroatoms. The van der Waals surface area contributed by atoms with Gasteiger partial charge in [0.15, 0.2) is 0 Å². The molecule has 10 heavy (non-hydrogen) atoms. The van der Waals surface area contributed by atoms with Gasteiger partial charge >= 0.3 is 0 Å². The van der Waals surface area contributed by atoms with Gasteiger partial charge in [-0.25, -0.2) is 0 Å². The van der Waals surface area contributed by atoms with Gasteiger partial charge in [0, 0.05) is 25.0 Å². The normalized spacial score (nSPS) is 15.9. The zero-order chi connectivity index (χ0) is 7.40. The molecule has 0 saturated heterocycles. The number of carbonyl (C=O) groups is 1. The van der Waals surface area contributed by atoms with Crippen LogP contribution in [0.4, 0.5) is 0 Å². The summed E-state index contributed by atoms with van der Waals surface area (Å²) in [5, 5.41) is 0. The van der Waals surface area contributed by atoms with Crippen molar-refractivity contribution in [3.05, 3.63) is 12.4 Å². The van der Waals surface area contributed by atoms with Crippen molar-refractivity contribution in [1.82, 2.24) is 4.90 Å². The van der Waals surface area contributed by atoms with E-state index in [4.69, 9.17) is 0 Å². The highest BCUT2D eigenvalue weighted by atomic mass is 16.2. The Hall–Kier alpha value is -1.12. The molecule has 54 valence electrons. The molecular formula is C7H10N2O. The van der Waals surface area contributed by atoms with E-state index in [9.17, 15) is 4.79 Å². The zero-order valence-corrected chi connectivity index (χ0v) is 5.95. The number of carbonyl (C=O) groups excluding carboxylic acids is 1. The molecule has 0 bridgehead atoms. The summed E-state index contributed by atoms with van der Waals surface area (Å²) in [4.78, 5) is 16.5. The van der Waals surface area contributed by atoms with Crippen molar-refractivity contribution in [3.8, 4) is 0 Å². The topological polar surface area (TPSA) is 32.7 Å². The monoisotopic (exact) mass is 138 g/mol. The number of amides is 1. The van der Waals surface area contributed by atoms with Gasteiger partial charge in [-0.15, -0.1) is 0 Å². The third-order valence-electron chi connectivity index (χ3n) is 1.34. The second-order valence-corrected chi connectivity index (χ2v) is 2.03. The van der Waals surface area contributed by atoms with Gasteiger partial charge in [-0.3, -0.25) is 9.79 Å². The Morgan fingerprint density at radius 1 is 1.80 bits per heavy atom. The SMILES string of the molecule is CCC(=O)N1C=CN=CC1. The minimum absolute atomic E-state index is 0.141. The summed E-state index contributed by atoms with van der Waals surface area (Å²) < 4.78 is 0. The summed E-state index contributed by atoms with van der Waals surface area (Å²) in [6, 6.07) is 0. The smallest absolute Gasteiger partial charge is 0.226 e. The molecule has 0 radical (unpaired) electrons. The molecule has 1 rings (SSSR count). The molecule has 0 spiro atoms.